The van der Waals surface area contributed by atoms with Gasteiger partial charge in [-0.2, -0.15) is 0 Å². The highest BCUT2D eigenvalue weighted by atomic mass is 32.2. The van der Waals surface area contributed by atoms with Crippen LogP contribution < -0.4 is 10.5 Å². The third kappa shape index (κ3) is 4.63. The first-order valence-electron chi connectivity index (χ1n) is 6.37. The summed E-state index contributed by atoms with van der Waals surface area (Å²) in [5, 5.41) is 8.33. The topological polar surface area (TPSA) is 72.2 Å². The van der Waals surface area contributed by atoms with E-state index in [9.17, 15) is 8.42 Å². The minimum atomic E-state index is -3.46. The Morgan fingerprint density at radius 2 is 1.75 bits per heavy atom. The number of benzene rings is 1. The molecule has 0 fully saturated rings. The lowest BCUT2D eigenvalue weighted by Gasteiger charge is -2.06. The average molecular weight is 310 g/mol. The van der Waals surface area contributed by atoms with Gasteiger partial charge in [-0.1, -0.05) is 19.1 Å². The maximum atomic E-state index is 11.0. The molecule has 0 aliphatic rings. The Labute approximate surface area is 123 Å². The van der Waals surface area contributed by atoms with Gasteiger partial charge >= 0.3 is 0 Å². The minimum absolute atomic E-state index is 0.127. The van der Waals surface area contributed by atoms with Gasteiger partial charge in [0, 0.05) is 22.0 Å². The summed E-state index contributed by atoms with van der Waals surface area (Å²) in [7, 11) is -3.46. The highest BCUT2D eigenvalue weighted by Crippen LogP contribution is 2.19. The van der Waals surface area contributed by atoms with Crippen LogP contribution in [0.5, 0.6) is 0 Å². The van der Waals surface area contributed by atoms with Crippen LogP contribution >= 0.6 is 11.3 Å². The quantitative estimate of drug-likeness (QED) is 0.861. The molecule has 0 aliphatic heterocycles. The molecule has 0 unspecified atom stereocenters. The van der Waals surface area contributed by atoms with Crippen molar-refractivity contribution in [1.82, 2.24) is 0 Å². The fraction of sp³-hybridized carbons (Fsp3) is 0.286. The Morgan fingerprint density at radius 1 is 1.10 bits per heavy atom. The zero-order valence-electron chi connectivity index (χ0n) is 11.3. The summed E-state index contributed by atoms with van der Waals surface area (Å²) in [6.07, 6.45) is 1.06. The second-order valence-electron chi connectivity index (χ2n) is 4.58. The van der Waals surface area contributed by atoms with E-state index in [2.05, 4.69) is 24.4 Å². The van der Waals surface area contributed by atoms with Gasteiger partial charge < -0.3 is 5.32 Å². The SMILES string of the molecule is CCc1ccc(CNc2ccc(CS(N)(=O)=O)cc2)s1. The van der Waals surface area contributed by atoms with E-state index in [-0.39, 0.29) is 5.75 Å². The maximum absolute atomic E-state index is 11.0. The Morgan fingerprint density at radius 3 is 2.30 bits per heavy atom. The van der Waals surface area contributed by atoms with Crippen LogP contribution in [0.15, 0.2) is 36.4 Å². The summed E-state index contributed by atoms with van der Waals surface area (Å²) in [6.45, 7) is 2.92. The lowest BCUT2D eigenvalue weighted by molar-refractivity contribution is 0.597. The molecule has 2 aromatic rings. The number of nitrogens with one attached hydrogen (secondary N) is 1. The molecule has 0 bridgehead atoms. The Kier molecular flexibility index (Phi) is 4.80. The Bertz CT molecular complexity index is 661. The summed E-state index contributed by atoms with van der Waals surface area (Å²) in [5.41, 5.74) is 1.66. The van der Waals surface area contributed by atoms with Crippen molar-refractivity contribution in [2.24, 2.45) is 5.14 Å². The molecule has 0 saturated heterocycles. The molecule has 0 aliphatic carbocycles. The number of hydrogen-bond acceptors (Lipinski definition) is 4. The van der Waals surface area contributed by atoms with E-state index >= 15 is 0 Å². The zero-order valence-corrected chi connectivity index (χ0v) is 12.9. The summed E-state index contributed by atoms with van der Waals surface area (Å²) >= 11 is 1.80. The van der Waals surface area contributed by atoms with Crippen molar-refractivity contribution in [1.29, 1.82) is 0 Å². The molecule has 1 aromatic carbocycles. The number of aryl methyl sites for hydroxylation is 1. The normalized spacial score (nSPS) is 11.5. The van der Waals surface area contributed by atoms with Gasteiger partial charge in [-0.25, -0.2) is 13.6 Å². The molecule has 6 heteroatoms. The lowest BCUT2D eigenvalue weighted by Crippen LogP contribution is -2.14. The molecule has 3 N–H and O–H groups in total. The average Bonchev–Trinajstić information content (AvgIpc) is 2.84. The van der Waals surface area contributed by atoms with Gasteiger partial charge in [0.2, 0.25) is 10.0 Å². The number of rotatable bonds is 6. The van der Waals surface area contributed by atoms with E-state index in [4.69, 9.17) is 5.14 Å². The number of nitrogens with two attached hydrogens (primary N) is 1. The van der Waals surface area contributed by atoms with Crippen LogP contribution in [-0.2, 0) is 28.7 Å². The molecule has 108 valence electrons. The van der Waals surface area contributed by atoms with Crippen LogP contribution in [0.2, 0.25) is 0 Å². The van der Waals surface area contributed by atoms with E-state index < -0.39 is 10.0 Å². The number of anilines is 1. The summed E-state index contributed by atoms with van der Waals surface area (Å²) in [4.78, 5) is 2.67. The largest absolute Gasteiger partial charge is 0.380 e. The van der Waals surface area contributed by atoms with Crippen LogP contribution in [0.1, 0.15) is 22.2 Å². The van der Waals surface area contributed by atoms with Crippen molar-refractivity contribution in [3.63, 3.8) is 0 Å². The molecule has 1 heterocycles. The number of primary sulfonamides is 1. The molecule has 1 aromatic heterocycles. The first-order chi connectivity index (χ1) is 9.46. The van der Waals surface area contributed by atoms with E-state index in [0.717, 1.165) is 18.7 Å². The second kappa shape index (κ2) is 6.39. The third-order valence-electron chi connectivity index (χ3n) is 2.85. The van der Waals surface area contributed by atoms with Gasteiger partial charge in [-0.15, -0.1) is 11.3 Å². The second-order valence-corrected chi connectivity index (χ2v) is 7.45. The molecule has 20 heavy (non-hydrogen) atoms. The number of hydrogen-bond donors (Lipinski definition) is 2. The molecule has 0 saturated carbocycles. The smallest absolute Gasteiger partial charge is 0.213 e. The van der Waals surface area contributed by atoms with E-state index in [1.807, 2.05) is 12.1 Å². The molecule has 0 amide bonds. The molecule has 0 atom stereocenters. The number of sulfonamides is 1. The fourth-order valence-electron chi connectivity index (χ4n) is 1.85. The van der Waals surface area contributed by atoms with Gasteiger partial charge in [-0.05, 0) is 36.2 Å². The van der Waals surface area contributed by atoms with Gasteiger partial charge in [0.05, 0.1) is 5.75 Å². The van der Waals surface area contributed by atoms with E-state index in [0.29, 0.717) is 5.56 Å². The van der Waals surface area contributed by atoms with Crippen LogP contribution in [0.4, 0.5) is 5.69 Å². The first kappa shape index (κ1) is 15.0. The predicted octanol–water partition coefficient (Wildman–Crippen LogP) is 2.71. The van der Waals surface area contributed by atoms with E-state index in [1.54, 1.807) is 23.5 Å². The van der Waals surface area contributed by atoms with Crippen molar-refractivity contribution in [2.45, 2.75) is 25.6 Å². The van der Waals surface area contributed by atoms with Crippen molar-refractivity contribution < 1.29 is 8.42 Å². The Hall–Kier alpha value is -1.37. The van der Waals surface area contributed by atoms with Crippen molar-refractivity contribution in [3.05, 3.63) is 51.7 Å². The van der Waals surface area contributed by atoms with Gasteiger partial charge in [-0.3, -0.25) is 0 Å². The van der Waals surface area contributed by atoms with Crippen LogP contribution in [0, 0.1) is 0 Å². The predicted molar refractivity (Wildman–Crippen MR) is 84.3 cm³/mol. The number of thiophene rings is 1. The van der Waals surface area contributed by atoms with Crippen molar-refractivity contribution >= 4 is 27.0 Å². The van der Waals surface area contributed by atoms with Gasteiger partial charge in [0.1, 0.15) is 0 Å². The van der Waals surface area contributed by atoms with Crippen molar-refractivity contribution in [2.75, 3.05) is 5.32 Å². The van der Waals surface area contributed by atoms with Gasteiger partial charge in [0.15, 0.2) is 0 Å². The monoisotopic (exact) mass is 310 g/mol. The van der Waals surface area contributed by atoms with E-state index in [1.165, 1.54) is 9.75 Å². The standard InChI is InChI=1S/C14H18N2O2S2/c1-2-13-7-8-14(19-13)9-16-12-5-3-11(4-6-12)10-20(15,17)18/h3-8,16H,2,9-10H2,1H3,(H2,15,17,18). The molecule has 0 spiro atoms. The fourth-order valence-corrected chi connectivity index (χ4v) is 3.40. The first-order valence-corrected chi connectivity index (χ1v) is 8.90. The molecular formula is C14H18N2O2S2. The van der Waals surface area contributed by atoms with Crippen LogP contribution in [0.25, 0.3) is 0 Å². The molecule has 4 nitrogen and oxygen atoms in total. The Balaban J connectivity index is 1.93. The highest BCUT2D eigenvalue weighted by Gasteiger charge is 2.04. The summed E-state index contributed by atoms with van der Waals surface area (Å²) < 4.78 is 22.0. The molecule has 2 rings (SSSR count). The van der Waals surface area contributed by atoms with Crippen LogP contribution in [-0.4, -0.2) is 8.42 Å². The zero-order chi connectivity index (χ0) is 14.6. The lowest BCUT2D eigenvalue weighted by atomic mass is 10.2. The van der Waals surface area contributed by atoms with Gasteiger partial charge in [0.25, 0.3) is 0 Å². The maximum Gasteiger partial charge on any atom is 0.213 e. The van der Waals surface area contributed by atoms with Crippen molar-refractivity contribution in [3.8, 4) is 0 Å². The third-order valence-corrected chi connectivity index (χ3v) is 4.82. The summed E-state index contributed by atoms with van der Waals surface area (Å²) in [6, 6.07) is 11.6. The molecule has 0 radical (unpaired) electrons. The molecular weight excluding hydrogens is 292 g/mol. The summed E-state index contributed by atoms with van der Waals surface area (Å²) in [5.74, 6) is -0.127. The highest BCUT2D eigenvalue weighted by molar-refractivity contribution is 7.88. The minimum Gasteiger partial charge on any atom is -0.380 e. The van der Waals surface area contributed by atoms with Crippen LogP contribution in [0.3, 0.4) is 0 Å².